The van der Waals surface area contributed by atoms with E-state index >= 15 is 0 Å². The van der Waals surface area contributed by atoms with Crippen LogP contribution < -0.4 is 5.32 Å². The van der Waals surface area contributed by atoms with Crippen molar-refractivity contribution < 1.29 is 9.53 Å². The van der Waals surface area contributed by atoms with E-state index in [1.54, 1.807) is 41.6 Å². The second-order valence-electron chi connectivity index (χ2n) is 5.20. The molecule has 0 aliphatic rings. The lowest BCUT2D eigenvalue weighted by molar-refractivity contribution is 0.139. The van der Waals surface area contributed by atoms with E-state index in [-0.39, 0.29) is 6.61 Å². The van der Waals surface area contributed by atoms with E-state index in [9.17, 15) is 4.79 Å². The van der Waals surface area contributed by atoms with Crippen molar-refractivity contribution in [2.45, 2.75) is 13.2 Å². The number of nitrogens with one attached hydrogen (secondary N) is 1. The number of rotatable bonds is 5. The lowest BCUT2D eigenvalue weighted by atomic mass is 10.1. The Balaban J connectivity index is 1.59. The van der Waals surface area contributed by atoms with Crippen LogP contribution in [-0.2, 0) is 24.9 Å². The van der Waals surface area contributed by atoms with Crippen molar-refractivity contribution >= 4 is 6.09 Å². The van der Waals surface area contributed by atoms with Crippen LogP contribution in [0.1, 0.15) is 11.1 Å². The van der Waals surface area contributed by atoms with Gasteiger partial charge in [-0.3, -0.25) is 14.6 Å². The molecule has 7 nitrogen and oxygen atoms in total. The second-order valence-corrected chi connectivity index (χ2v) is 5.20. The maximum absolute atomic E-state index is 11.9. The average molecular weight is 323 g/mol. The molecular weight excluding hydrogens is 306 g/mol. The Bertz CT molecular complexity index is 817. The first-order valence-electron chi connectivity index (χ1n) is 7.45. The van der Waals surface area contributed by atoms with E-state index in [0.717, 1.165) is 22.4 Å². The molecule has 0 spiro atoms. The number of carbonyl (C=O) groups is 1. The minimum atomic E-state index is -0.479. The van der Waals surface area contributed by atoms with Gasteiger partial charge in [-0.2, -0.15) is 5.10 Å². The zero-order valence-corrected chi connectivity index (χ0v) is 13.2. The van der Waals surface area contributed by atoms with Gasteiger partial charge in [-0.25, -0.2) is 4.79 Å². The summed E-state index contributed by atoms with van der Waals surface area (Å²) in [6, 6.07) is 7.35. The van der Waals surface area contributed by atoms with Crippen LogP contribution in [0.2, 0.25) is 0 Å². The number of ether oxygens (including phenoxy) is 1. The molecule has 0 aliphatic heterocycles. The van der Waals surface area contributed by atoms with Gasteiger partial charge in [-0.15, -0.1) is 0 Å². The first-order chi connectivity index (χ1) is 11.7. The molecule has 1 N–H and O–H groups in total. The highest BCUT2D eigenvalue weighted by Gasteiger charge is 2.10. The molecular formula is C17H17N5O2. The van der Waals surface area contributed by atoms with Crippen LogP contribution in [-0.4, -0.2) is 25.8 Å². The standard InChI is InChI=1S/C17H17N5O2/c1-22-11-15(10-21-22)16-14(3-2-6-19-16)9-20-17(23)24-12-13-4-7-18-8-5-13/h2-8,10-11H,9,12H2,1H3,(H,20,23). The topological polar surface area (TPSA) is 81.9 Å². The quantitative estimate of drug-likeness (QED) is 0.779. The lowest BCUT2D eigenvalue weighted by Gasteiger charge is -2.09. The van der Waals surface area contributed by atoms with E-state index in [2.05, 4.69) is 20.4 Å². The number of nitrogens with zero attached hydrogens (tertiary/aromatic N) is 4. The summed E-state index contributed by atoms with van der Waals surface area (Å²) in [5.74, 6) is 0. The number of carbonyl (C=O) groups excluding carboxylic acids is 1. The van der Waals surface area contributed by atoms with Gasteiger partial charge < -0.3 is 10.1 Å². The van der Waals surface area contributed by atoms with Crippen molar-refractivity contribution in [3.8, 4) is 11.3 Å². The third kappa shape index (κ3) is 3.95. The molecule has 0 saturated heterocycles. The summed E-state index contributed by atoms with van der Waals surface area (Å²) in [6.45, 7) is 0.532. The summed E-state index contributed by atoms with van der Waals surface area (Å²) in [7, 11) is 1.85. The van der Waals surface area contributed by atoms with Gasteiger partial charge in [-0.05, 0) is 29.3 Å². The number of pyridine rings is 2. The molecule has 3 rings (SSSR count). The molecule has 3 aromatic heterocycles. The molecule has 1 amide bonds. The molecule has 0 fully saturated rings. The molecule has 3 heterocycles. The summed E-state index contributed by atoms with van der Waals surface area (Å²) in [5, 5.41) is 6.89. The maximum atomic E-state index is 11.9. The van der Waals surface area contributed by atoms with Gasteiger partial charge in [0.25, 0.3) is 0 Å². The number of hydrogen-bond donors (Lipinski definition) is 1. The lowest BCUT2D eigenvalue weighted by Crippen LogP contribution is -2.24. The predicted molar refractivity (Wildman–Crippen MR) is 87.7 cm³/mol. The van der Waals surface area contributed by atoms with Gasteiger partial charge >= 0.3 is 6.09 Å². The van der Waals surface area contributed by atoms with Gasteiger partial charge in [0.2, 0.25) is 0 Å². The molecule has 0 radical (unpaired) electrons. The summed E-state index contributed by atoms with van der Waals surface area (Å²) in [4.78, 5) is 20.2. The van der Waals surface area contributed by atoms with Crippen molar-refractivity contribution in [1.82, 2.24) is 25.1 Å². The van der Waals surface area contributed by atoms with E-state index < -0.39 is 6.09 Å². The molecule has 0 bridgehead atoms. The van der Waals surface area contributed by atoms with Crippen molar-refractivity contribution in [1.29, 1.82) is 0 Å². The number of amides is 1. The zero-order valence-electron chi connectivity index (χ0n) is 13.2. The SMILES string of the molecule is Cn1cc(-c2ncccc2CNC(=O)OCc2ccncc2)cn1. The molecule has 7 heteroatoms. The van der Waals surface area contributed by atoms with E-state index in [1.165, 1.54) is 0 Å². The smallest absolute Gasteiger partial charge is 0.407 e. The van der Waals surface area contributed by atoms with Gasteiger partial charge in [0.1, 0.15) is 6.61 Å². The normalized spacial score (nSPS) is 10.4. The second kappa shape index (κ2) is 7.36. The monoisotopic (exact) mass is 323 g/mol. The van der Waals surface area contributed by atoms with Crippen molar-refractivity contribution in [3.05, 3.63) is 66.4 Å². The molecule has 3 aromatic rings. The maximum Gasteiger partial charge on any atom is 0.407 e. The minimum Gasteiger partial charge on any atom is -0.445 e. The molecule has 0 saturated carbocycles. The van der Waals surface area contributed by atoms with E-state index in [0.29, 0.717) is 6.54 Å². The fourth-order valence-electron chi connectivity index (χ4n) is 2.23. The highest BCUT2D eigenvalue weighted by molar-refractivity contribution is 5.68. The summed E-state index contributed by atoms with van der Waals surface area (Å²) < 4.78 is 6.90. The highest BCUT2D eigenvalue weighted by atomic mass is 16.5. The number of aryl methyl sites for hydroxylation is 1. The van der Waals surface area contributed by atoms with Gasteiger partial charge in [0, 0.05) is 43.9 Å². The van der Waals surface area contributed by atoms with Crippen molar-refractivity contribution in [2.24, 2.45) is 7.05 Å². The number of hydrogen-bond acceptors (Lipinski definition) is 5. The van der Waals surface area contributed by atoms with Crippen molar-refractivity contribution in [2.75, 3.05) is 0 Å². The summed E-state index contributed by atoms with van der Waals surface area (Å²) in [6.07, 6.45) is 8.18. The van der Waals surface area contributed by atoms with Crippen LogP contribution in [0.4, 0.5) is 4.79 Å². The highest BCUT2D eigenvalue weighted by Crippen LogP contribution is 2.20. The number of alkyl carbamates (subject to hydrolysis) is 1. The van der Waals surface area contributed by atoms with Gasteiger partial charge in [-0.1, -0.05) is 6.07 Å². The largest absolute Gasteiger partial charge is 0.445 e. The predicted octanol–water partition coefficient (Wildman–Crippen LogP) is 2.30. The van der Waals surface area contributed by atoms with Crippen LogP contribution in [0.3, 0.4) is 0 Å². The Morgan fingerprint density at radius 2 is 2.08 bits per heavy atom. The fourth-order valence-corrected chi connectivity index (χ4v) is 2.23. The third-order valence-corrected chi connectivity index (χ3v) is 3.41. The molecule has 0 unspecified atom stereocenters. The van der Waals surface area contributed by atoms with E-state index in [4.69, 9.17) is 4.74 Å². The average Bonchev–Trinajstić information content (AvgIpc) is 3.05. The molecule has 0 atom stereocenters. The Hall–Kier alpha value is -3.22. The Labute approximate surface area is 139 Å². The first kappa shape index (κ1) is 15.7. The summed E-state index contributed by atoms with van der Waals surface area (Å²) in [5.41, 5.74) is 3.48. The van der Waals surface area contributed by atoms with Crippen LogP contribution in [0, 0.1) is 0 Å². The van der Waals surface area contributed by atoms with Crippen LogP contribution in [0.25, 0.3) is 11.3 Å². The Kier molecular flexibility index (Phi) is 4.81. The fraction of sp³-hybridized carbons (Fsp3) is 0.176. The number of aromatic nitrogens is 4. The van der Waals surface area contributed by atoms with Crippen LogP contribution >= 0.6 is 0 Å². The van der Waals surface area contributed by atoms with Crippen LogP contribution in [0.15, 0.2) is 55.2 Å². The van der Waals surface area contributed by atoms with Crippen molar-refractivity contribution in [3.63, 3.8) is 0 Å². The van der Waals surface area contributed by atoms with Crippen LogP contribution in [0.5, 0.6) is 0 Å². The Morgan fingerprint density at radius 3 is 2.83 bits per heavy atom. The van der Waals surface area contributed by atoms with Gasteiger partial charge in [0.05, 0.1) is 11.9 Å². The molecule has 0 aliphatic carbocycles. The zero-order chi connectivity index (χ0) is 16.8. The van der Waals surface area contributed by atoms with Gasteiger partial charge in [0.15, 0.2) is 0 Å². The minimum absolute atomic E-state index is 0.205. The molecule has 122 valence electrons. The van der Waals surface area contributed by atoms with E-state index in [1.807, 2.05) is 25.4 Å². The summed E-state index contributed by atoms with van der Waals surface area (Å²) >= 11 is 0. The Morgan fingerprint density at radius 1 is 1.25 bits per heavy atom. The molecule has 24 heavy (non-hydrogen) atoms. The third-order valence-electron chi connectivity index (χ3n) is 3.41. The first-order valence-corrected chi connectivity index (χ1v) is 7.45. The molecule has 0 aromatic carbocycles.